The third kappa shape index (κ3) is 5.23. The van der Waals surface area contributed by atoms with Gasteiger partial charge in [-0.2, -0.15) is 0 Å². The van der Waals surface area contributed by atoms with Crippen molar-refractivity contribution in [1.82, 2.24) is 0 Å². The minimum Gasteiger partial charge on any atom is -0.505 e. The van der Waals surface area contributed by atoms with Crippen molar-refractivity contribution in [3.63, 3.8) is 0 Å². The summed E-state index contributed by atoms with van der Waals surface area (Å²) < 4.78 is 4.32. The van der Waals surface area contributed by atoms with E-state index in [-0.39, 0.29) is 0 Å². The number of carboxylic acid groups (broad SMARTS) is 1. The van der Waals surface area contributed by atoms with Gasteiger partial charge >= 0.3 is 11.9 Å². The summed E-state index contributed by atoms with van der Waals surface area (Å²) in [4.78, 5) is 20.9. The zero-order valence-corrected chi connectivity index (χ0v) is 12.6. The number of rotatable bonds is 5. The number of carbonyl (C=O) groups excluding carboxylic acids is 1. The number of nitrogens with two attached hydrogens (primary N) is 1. The van der Waals surface area contributed by atoms with Gasteiger partial charge in [-0.15, -0.1) is 0 Å². The topological polar surface area (TPSA) is 171 Å². The van der Waals surface area contributed by atoms with E-state index >= 15 is 0 Å². The molecule has 0 saturated carbocycles. The molecule has 0 spiro atoms. The van der Waals surface area contributed by atoms with Gasteiger partial charge in [0.15, 0.2) is 11.9 Å². The summed E-state index contributed by atoms with van der Waals surface area (Å²) in [6, 6.07) is 8.54. The quantitative estimate of drug-likeness (QED) is 0.376. The molecule has 24 heavy (non-hydrogen) atoms. The molecule has 1 aliphatic heterocycles. The lowest BCUT2D eigenvalue weighted by Gasteiger charge is -2.13. The first-order chi connectivity index (χ1) is 11.3. The Labute approximate surface area is 137 Å². The Morgan fingerprint density at radius 2 is 1.83 bits per heavy atom. The van der Waals surface area contributed by atoms with Crippen LogP contribution < -0.4 is 5.73 Å². The average molecular weight is 341 g/mol. The monoisotopic (exact) mass is 341 g/mol. The maximum atomic E-state index is 10.5. The average Bonchev–Trinajstić information content (AvgIpc) is 2.83. The first-order valence-electron chi connectivity index (χ1n) is 6.92. The Bertz CT molecular complexity index is 601. The highest BCUT2D eigenvalue weighted by atomic mass is 16.6. The second kappa shape index (κ2) is 8.87. The predicted molar refractivity (Wildman–Crippen MR) is 81.0 cm³/mol. The van der Waals surface area contributed by atoms with Crippen molar-refractivity contribution >= 4 is 11.9 Å². The van der Waals surface area contributed by atoms with E-state index in [1.807, 2.05) is 30.3 Å². The van der Waals surface area contributed by atoms with Crippen molar-refractivity contribution in [2.24, 2.45) is 5.73 Å². The molecule has 9 nitrogen and oxygen atoms in total. The van der Waals surface area contributed by atoms with Crippen LogP contribution in [0.3, 0.4) is 0 Å². The van der Waals surface area contributed by atoms with Crippen LogP contribution in [0.4, 0.5) is 0 Å². The first-order valence-corrected chi connectivity index (χ1v) is 6.92. The molecule has 1 heterocycles. The Morgan fingerprint density at radius 1 is 1.25 bits per heavy atom. The second-order valence-electron chi connectivity index (χ2n) is 4.94. The highest BCUT2D eigenvalue weighted by Gasteiger charge is 2.38. The molecule has 0 aliphatic carbocycles. The molecule has 132 valence electrons. The summed E-state index contributed by atoms with van der Waals surface area (Å²) >= 11 is 0. The minimum absolute atomic E-state index is 0.385. The van der Waals surface area contributed by atoms with Crippen molar-refractivity contribution in [1.29, 1.82) is 0 Å². The molecule has 1 aromatic carbocycles. The second-order valence-corrected chi connectivity index (χ2v) is 4.94. The third-order valence-corrected chi connectivity index (χ3v) is 3.09. The van der Waals surface area contributed by atoms with Gasteiger partial charge in [-0.05, 0) is 12.0 Å². The third-order valence-electron chi connectivity index (χ3n) is 3.09. The number of ether oxygens (including phenoxy) is 1. The zero-order chi connectivity index (χ0) is 18.3. The van der Waals surface area contributed by atoms with Gasteiger partial charge in [-0.25, -0.2) is 4.79 Å². The van der Waals surface area contributed by atoms with E-state index in [9.17, 15) is 9.59 Å². The lowest BCUT2D eigenvalue weighted by molar-refractivity contribution is -0.147. The number of aliphatic hydroxyl groups excluding tert-OH is 4. The molecule has 1 aromatic rings. The number of aliphatic carboxylic acids is 1. The van der Waals surface area contributed by atoms with E-state index in [0.717, 1.165) is 5.56 Å². The molecule has 0 bridgehead atoms. The number of carboxylic acids is 1. The van der Waals surface area contributed by atoms with Gasteiger partial charge in [0.05, 0.1) is 6.61 Å². The van der Waals surface area contributed by atoms with Gasteiger partial charge in [-0.1, -0.05) is 30.3 Å². The fraction of sp³-hybridized carbons (Fsp3) is 0.333. The van der Waals surface area contributed by atoms with Gasteiger partial charge < -0.3 is 36.0 Å². The maximum absolute atomic E-state index is 10.5. The van der Waals surface area contributed by atoms with E-state index in [1.165, 1.54) is 0 Å². The predicted octanol–water partition coefficient (Wildman–Crippen LogP) is -0.766. The summed E-state index contributed by atoms with van der Waals surface area (Å²) in [6.45, 7) is -0.671. The SMILES string of the molecule is NC(Cc1ccccc1)C(=O)O.O=C1O[C@H]([C@@H](O)CO)C(O)=C1O. The summed E-state index contributed by atoms with van der Waals surface area (Å²) in [5.41, 5.74) is 6.30. The fourth-order valence-corrected chi connectivity index (χ4v) is 1.78. The van der Waals surface area contributed by atoms with Crippen LogP contribution in [0.5, 0.6) is 0 Å². The molecule has 2 rings (SSSR count). The Balaban J connectivity index is 0.000000240. The van der Waals surface area contributed by atoms with E-state index in [4.69, 9.17) is 31.3 Å². The normalized spacial score (nSPS) is 19.1. The van der Waals surface area contributed by atoms with Crippen molar-refractivity contribution in [3.8, 4) is 0 Å². The molecule has 0 fully saturated rings. The number of carbonyl (C=O) groups is 2. The molecule has 0 aromatic heterocycles. The van der Waals surface area contributed by atoms with Crippen LogP contribution in [0.1, 0.15) is 5.56 Å². The molecule has 1 aliphatic rings. The Morgan fingerprint density at radius 3 is 2.25 bits per heavy atom. The molecule has 3 atom stereocenters. The number of benzene rings is 1. The van der Waals surface area contributed by atoms with Crippen LogP contribution in [0.25, 0.3) is 0 Å². The summed E-state index contributed by atoms with van der Waals surface area (Å²) in [5, 5.41) is 43.6. The zero-order valence-electron chi connectivity index (χ0n) is 12.6. The van der Waals surface area contributed by atoms with Crippen LogP contribution in [0, 0.1) is 0 Å². The highest BCUT2D eigenvalue weighted by Crippen LogP contribution is 2.20. The summed E-state index contributed by atoms with van der Waals surface area (Å²) in [5.74, 6) is -3.74. The van der Waals surface area contributed by atoms with Crippen LogP contribution in [0.2, 0.25) is 0 Å². The molecule has 9 heteroatoms. The Hall–Kier alpha value is -2.62. The Kier molecular flexibility index (Phi) is 7.18. The van der Waals surface area contributed by atoms with Gasteiger partial charge in [-0.3, -0.25) is 4.79 Å². The van der Waals surface area contributed by atoms with E-state index in [2.05, 4.69) is 4.74 Å². The van der Waals surface area contributed by atoms with Crippen LogP contribution in [-0.2, 0) is 20.7 Å². The number of aliphatic hydroxyl groups is 4. The molecule has 7 N–H and O–H groups in total. The lowest BCUT2D eigenvalue weighted by atomic mass is 10.1. The van der Waals surface area contributed by atoms with Crippen molar-refractivity contribution in [2.75, 3.05) is 6.61 Å². The molecule has 0 amide bonds. The standard InChI is InChI=1S/C9H11NO2.C6H8O6/c10-8(9(11)12)6-7-4-2-1-3-5-7;7-1-2(8)5-3(9)4(10)6(11)12-5/h1-5,8H,6,10H2,(H,11,12);2,5,7-10H,1H2/t;2-,5+/m.0/s1. The number of esters is 1. The van der Waals surface area contributed by atoms with E-state index in [0.29, 0.717) is 6.42 Å². The number of hydrogen-bond donors (Lipinski definition) is 6. The minimum atomic E-state index is -1.42. The largest absolute Gasteiger partial charge is 0.505 e. The fourth-order valence-electron chi connectivity index (χ4n) is 1.78. The highest BCUT2D eigenvalue weighted by molar-refractivity contribution is 5.89. The van der Waals surface area contributed by atoms with Crippen molar-refractivity contribution in [3.05, 3.63) is 47.4 Å². The van der Waals surface area contributed by atoms with Crippen LogP contribution in [0.15, 0.2) is 41.9 Å². The van der Waals surface area contributed by atoms with Gasteiger partial charge in [0.1, 0.15) is 12.1 Å². The molecular weight excluding hydrogens is 322 g/mol. The number of cyclic esters (lactones) is 1. The molecule has 1 unspecified atom stereocenters. The number of hydrogen-bond acceptors (Lipinski definition) is 8. The van der Waals surface area contributed by atoms with Crippen molar-refractivity contribution in [2.45, 2.75) is 24.7 Å². The van der Waals surface area contributed by atoms with E-state index in [1.54, 1.807) is 0 Å². The lowest BCUT2D eigenvalue weighted by Crippen LogP contribution is -2.32. The first kappa shape index (κ1) is 19.4. The smallest absolute Gasteiger partial charge is 0.377 e. The van der Waals surface area contributed by atoms with E-state index < -0.39 is 48.3 Å². The molecule has 0 saturated heterocycles. The van der Waals surface area contributed by atoms with Crippen LogP contribution >= 0.6 is 0 Å². The van der Waals surface area contributed by atoms with Gasteiger partial charge in [0, 0.05) is 0 Å². The van der Waals surface area contributed by atoms with Crippen molar-refractivity contribution < 1.29 is 39.9 Å². The summed E-state index contributed by atoms with van der Waals surface area (Å²) in [6.07, 6.45) is -2.39. The van der Waals surface area contributed by atoms with Gasteiger partial charge in [0.2, 0.25) is 5.76 Å². The summed E-state index contributed by atoms with van der Waals surface area (Å²) in [7, 11) is 0. The molecule has 0 radical (unpaired) electrons. The molecular formula is C15H19NO8. The van der Waals surface area contributed by atoms with Gasteiger partial charge in [0.25, 0.3) is 0 Å². The maximum Gasteiger partial charge on any atom is 0.377 e. The van der Waals surface area contributed by atoms with Crippen LogP contribution in [-0.4, -0.2) is 62.3 Å².